The summed E-state index contributed by atoms with van der Waals surface area (Å²) in [6.07, 6.45) is 1.28. The van der Waals surface area contributed by atoms with Crippen molar-refractivity contribution in [3.63, 3.8) is 0 Å². The van der Waals surface area contributed by atoms with Crippen LogP contribution in [0.4, 0.5) is 0 Å². The maximum Gasteiger partial charge on any atom is 0.317 e. The Bertz CT molecular complexity index is 517. The number of hydrogen-bond acceptors (Lipinski definition) is 5. The number of fused-ring (bicyclic) bond motifs is 1. The van der Waals surface area contributed by atoms with Crippen LogP contribution in [-0.2, 0) is 20.7 Å². The van der Waals surface area contributed by atoms with Crippen LogP contribution < -0.4 is 0 Å². The molecule has 4 nitrogen and oxygen atoms in total. The normalized spacial score (nSPS) is 19.7. The first-order valence-electron chi connectivity index (χ1n) is 6.34. The number of thiophene rings is 1. The molecule has 0 aliphatic heterocycles. The summed E-state index contributed by atoms with van der Waals surface area (Å²) in [6.45, 7) is 3.25. The summed E-state index contributed by atoms with van der Waals surface area (Å²) in [7, 11) is 0. The quantitative estimate of drug-likeness (QED) is 0.627. The van der Waals surface area contributed by atoms with E-state index in [-0.39, 0.29) is 18.2 Å². The largest absolute Gasteiger partial charge is 0.465 e. The summed E-state index contributed by atoms with van der Waals surface area (Å²) < 4.78 is 4.93. The zero-order valence-corrected chi connectivity index (χ0v) is 11.8. The first-order valence-corrected chi connectivity index (χ1v) is 7.21. The fourth-order valence-electron chi connectivity index (χ4n) is 2.53. The number of Topliss-reactive ketones (excluding diaryl/α,β-unsaturated/α-hetero) is 2. The molecule has 0 fully saturated rings. The van der Waals surface area contributed by atoms with E-state index in [0.29, 0.717) is 12.0 Å². The maximum absolute atomic E-state index is 12.4. The van der Waals surface area contributed by atoms with Gasteiger partial charge >= 0.3 is 5.97 Å². The standard InChI is InChI=1S/C14H16O4S/c1-3-18-14(17)12(8(2)15)10-4-5-11-9(13(10)16)6-7-19-11/h6-7,10,12H,3-5H2,1-2H3. The second kappa shape index (κ2) is 5.65. The van der Waals surface area contributed by atoms with Crippen molar-refractivity contribution in [3.05, 3.63) is 21.9 Å². The Kier molecular flexibility index (Phi) is 4.14. The van der Waals surface area contributed by atoms with Crippen LogP contribution in [0.25, 0.3) is 0 Å². The van der Waals surface area contributed by atoms with E-state index in [0.717, 1.165) is 11.3 Å². The van der Waals surface area contributed by atoms with E-state index in [1.165, 1.54) is 6.92 Å². The van der Waals surface area contributed by atoms with Crippen LogP contribution in [0.5, 0.6) is 0 Å². The van der Waals surface area contributed by atoms with Crippen molar-refractivity contribution in [2.45, 2.75) is 26.7 Å². The highest BCUT2D eigenvalue weighted by molar-refractivity contribution is 7.10. The third-order valence-electron chi connectivity index (χ3n) is 3.41. The third-order valence-corrected chi connectivity index (χ3v) is 4.39. The molecule has 0 bridgehead atoms. The molecule has 0 radical (unpaired) electrons. The van der Waals surface area contributed by atoms with Crippen LogP contribution in [0.1, 0.15) is 35.5 Å². The fourth-order valence-corrected chi connectivity index (χ4v) is 3.43. The molecule has 0 spiro atoms. The van der Waals surface area contributed by atoms with E-state index in [9.17, 15) is 14.4 Å². The highest BCUT2D eigenvalue weighted by atomic mass is 32.1. The molecule has 1 aliphatic rings. The summed E-state index contributed by atoms with van der Waals surface area (Å²) in [5, 5.41) is 1.87. The summed E-state index contributed by atoms with van der Waals surface area (Å²) in [4.78, 5) is 37.0. The van der Waals surface area contributed by atoms with Crippen LogP contribution in [0.3, 0.4) is 0 Å². The van der Waals surface area contributed by atoms with Gasteiger partial charge < -0.3 is 4.74 Å². The molecule has 5 heteroatoms. The van der Waals surface area contributed by atoms with Crippen LogP contribution >= 0.6 is 11.3 Å². The van der Waals surface area contributed by atoms with Gasteiger partial charge in [0, 0.05) is 16.4 Å². The Balaban J connectivity index is 2.27. The fraction of sp³-hybridized carbons (Fsp3) is 0.500. The van der Waals surface area contributed by atoms with E-state index < -0.39 is 17.8 Å². The van der Waals surface area contributed by atoms with Gasteiger partial charge in [0.1, 0.15) is 11.7 Å². The zero-order valence-electron chi connectivity index (χ0n) is 11.0. The lowest BCUT2D eigenvalue weighted by Crippen LogP contribution is -2.38. The first kappa shape index (κ1) is 13.9. The minimum absolute atomic E-state index is 0.101. The van der Waals surface area contributed by atoms with Crippen molar-refractivity contribution >= 4 is 28.9 Å². The highest BCUT2D eigenvalue weighted by Gasteiger charge is 2.41. The van der Waals surface area contributed by atoms with Crippen LogP contribution in [-0.4, -0.2) is 24.1 Å². The second-order valence-electron chi connectivity index (χ2n) is 4.61. The van der Waals surface area contributed by atoms with E-state index in [1.807, 2.05) is 5.38 Å². The number of rotatable bonds is 4. The third kappa shape index (κ3) is 2.61. The number of carbonyl (C=O) groups excluding carboxylic acids is 3. The van der Waals surface area contributed by atoms with Crippen molar-refractivity contribution in [2.24, 2.45) is 11.8 Å². The van der Waals surface area contributed by atoms with E-state index in [2.05, 4.69) is 0 Å². The van der Waals surface area contributed by atoms with Crippen LogP contribution in [0.2, 0.25) is 0 Å². The van der Waals surface area contributed by atoms with E-state index in [4.69, 9.17) is 4.74 Å². The molecule has 2 atom stereocenters. The molecule has 0 saturated carbocycles. The molecule has 2 rings (SSSR count). The summed E-state index contributed by atoms with van der Waals surface area (Å²) in [6, 6.07) is 1.77. The van der Waals surface area contributed by atoms with Gasteiger partial charge in [-0.1, -0.05) is 0 Å². The number of ketones is 2. The molecular formula is C14H16O4S. The van der Waals surface area contributed by atoms with Gasteiger partial charge in [0.15, 0.2) is 5.78 Å². The minimum Gasteiger partial charge on any atom is -0.465 e. The molecule has 1 aromatic rings. The van der Waals surface area contributed by atoms with Gasteiger partial charge in [-0.2, -0.15) is 0 Å². The van der Waals surface area contributed by atoms with Crippen molar-refractivity contribution in [3.8, 4) is 0 Å². The molecule has 0 amide bonds. The van der Waals surface area contributed by atoms with Gasteiger partial charge in [0.25, 0.3) is 0 Å². The number of aryl methyl sites for hydroxylation is 1. The number of carbonyl (C=O) groups is 3. The molecule has 1 heterocycles. The minimum atomic E-state index is -0.958. The van der Waals surface area contributed by atoms with Gasteiger partial charge in [0.05, 0.1) is 6.61 Å². The van der Waals surface area contributed by atoms with Gasteiger partial charge in [-0.15, -0.1) is 11.3 Å². The van der Waals surface area contributed by atoms with Gasteiger partial charge in [-0.3, -0.25) is 14.4 Å². The molecule has 1 aliphatic carbocycles. The molecule has 0 saturated heterocycles. The van der Waals surface area contributed by atoms with Crippen LogP contribution in [0, 0.1) is 11.8 Å². The molecule has 102 valence electrons. The summed E-state index contributed by atoms with van der Waals surface area (Å²) >= 11 is 1.55. The Hall–Kier alpha value is -1.49. The van der Waals surface area contributed by atoms with E-state index >= 15 is 0 Å². The Morgan fingerprint density at radius 3 is 2.89 bits per heavy atom. The average molecular weight is 280 g/mol. The van der Waals surface area contributed by atoms with Gasteiger partial charge in [0.2, 0.25) is 0 Å². The topological polar surface area (TPSA) is 60.4 Å². The number of ether oxygens (including phenoxy) is 1. The summed E-state index contributed by atoms with van der Waals surface area (Å²) in [5.74, 6) is -2.50. The SMILES string of the molecule is CCOC(=O)C(C(C)=O)C1CCc2sccc2C1=O. The van der Waals surface area contributed by atoms with Crippen molar-refractivity contribution in [2.75, 3.05) is 6.61 Å². The molecule has 0 aromatic carbocycles. The Morgan fingerprint density at radius 1 is 1.53 bits per heavy atom. The zero-order chi connectivity index (χ0) is 14.0. The number of esters is 1. The monoisotopic (exact) mass is 280 g/mol. The van der Waals surface area contributed by atoms with Crippen molar-refractivity contribution < 1.29 is 19.1 Å². The predicted octanol–water partition coefficient (Wildman–Crippen LogP) is 2.26. The molecular weight excluding hydrogens is 264 g/mol. The molecule has 2 unspecified atom stereocenters. The van der Waals surface area contributed by atoms with Gasteiger partial charge in [-0.05, 0) is 38.1 Å². The lowest BCUT2D eigenvalue weighted by atomic mass is 9.77. The van der Waals surface area contributed by atoms with Crippen molar-refractivity contribution in [1.82, 2.24) is 0 Å². The lowest BCUT2D eigenvalue weighted by Gasteiger charge is -2.26. The summed E-state index contributed by atoms with van der Waals surface area (Å²) in [5.41, 5.74) is 0.664. The van der Waals surface area contributed by atoms with Crippen molar-refractivity contribution in [1.29, 1.82) is 0 Å². The predicted molar refractivity (Wildman–Crippen MR) is 71.3 cm³/mol. The highest BCUT2D eigenvalue weighted by Crippen LogP contribution is 2.34. The molecule has 0 N–H and O–H groups in total. The van der Waals surface area contributed by atoms with Crippen LogP contribution in [0.15, 0.2) is 11.4 Å². The first-order chi connectivity index (χ1) is 9.06. The average Bonchev–Trinajstić information content (AvgIpc) is 2.81. The Labute approximate surface area is 115 Å². The van der Waals surface area contributed by atoms with Gasteiger partial charge in [-0.25, -0.2) is 0 Å². The molecule has 1 aromatic heterocycles. The number of hydrogen-bond donors (Lipinski definition) is 0. The lowest BCUT2D eigenvalue weighted by molar-refractivity contribution is -0.152. The maximum atomic E-state index is 12.4. The molecule has 19 heavy (non-hydrogen) atoms. The van der Waals surface area contributed by atoms with E-state index in [1.54, 1.807) is 24.3 Å². The second-order valence-corrected chi connectivity index (χ2v) is 5.61. The smallest absolute Gasteiger partial charge is 0.317 e. The Morgan fingerprint density at radius 2 is 2.26 bits per heavy atom.